The van der Waals surface area contributed by atoms with Gasteiger partial charge < -0.3 is 35.5 Å². The van der Waals surface area contributed by atoms with Gasteiger partial charge >= 0.3 is 17.8 Å². The minimum atomic E-state index is -1.21. The quantitative estimate of drug-likeness (QED) is 0.0380. The van der Waals surface area contributed by atoms with Crippen LogP contribution in [0.3, 0.4) is 0 Å². The van der Waals surface area contributed by atoms with Crippen molar-refractivity contribution < 1.29 is 47.5 Å². The van der Waals surface area contributed by atoms with E-state index in [4.69, 9.17) is 20.6 Å². The van der Waals surface area contributed by atoms with Gasteiger partial charge in [0.1, 0.15) is 30.8 Å². The number of carbonyl (C=O) groups is 6. The molecule has 0 bridgehead atoms. The zero-order chi connectivity index (χ0) is 46.3. The van der Waals surface area contributed by atoms with Crippen LogP contribution >= 0.6 is 0 Å². The van der Waals surface area contributed by atoms with E-state index in [0.717, 1.165) is 11.1 Å². The second-order valence-corrected chi connectivity index (χ2v) is 17.9. The molecule has 64 heavy (non-hydrogen) atoms. The molecule has 4 amide bonds. The van der Waals surface area contributed by atoms with Crippen molar-refractivity contribution in [3.05, 3.63) is 107 Å². The second-order valence-electron chi connectivity index (χ2n) is 17.9. The van der Waals surface area contributed by atoms with Crippen molar-refractivity contribution in [3.63, 3.8) is 0 Å². The number of quaternary nitrogens is 1. The molecule has 5 atom stereocenters. The maximum absolute atomic E-state index is 14.4. The van der Waals surface area contributed by atoms with Gasteiger partial charge in [0.25, 0.3) is 0 Å². The number of carbonyl (C=O) groups excluding carboxylic acids is 6. The van der Waals surface area contributed by atoms with E-state index in [-0.39, 0.29) is 68.9 Å². The summed E-state index contributed by atoms with van der Waals surface area (Å²) in [6.45, 7) is 10.4. The van der Waals surface area contributed by atoms with E-state index in [1.807, 2.05) is 74.5 Å². The summed E-state index contributed by atoms with van der Waals surface area (Å²) in [6.07, 6.45) is 7.27. The standard InChI is InChI=1S/C50H63N5O9/c1-7-36-18-21-39(22-19-36)49(61)63-33-55(24-26-62-27-25-55)48(60)47(59)53-41(23-20-37-14-10-8-11-15-37)45(57)54-43(29-35(4)5)46(58)52-40(30-38-16-12-9-13-17-38)31-51-42(28-34(2)3)44(56)50(6)32-64-50/h1,8-19,21-22,34-35,40-43,51H,20,23-33H2,2-6H3,(H2-,52,53,54,57,58,59)/p+1/t40-,41-,42-,43-,50+/m0/s1. The average Bonchev–Trinajstić information content (AvgIpc) is 4.05. The van der Waals surface area contributed by atoms with E-state index < -0.39 is 70.6 Å². The number of nitrogens with zero attached hydrogens (tertiary/aromatic N) is 1. The Kier molecular flexibility index (Phi) is 17.9. The van der Waals surface area contributed by atoms with Crippen LogP contribution in [0.5, 0.6) is 0 Å². The van der Waals surface area contributed by atoms with Gasteiger partial charge in [-0.05, 0) is 86.3 Å². The van der Waals surface area contributed by atoms with Crippen LogP contribution in [0, 0.1) is 24.2 Å². The summed E-state index contributed by atoms with van der Waals surface area (Å²) >= 11 is 0. The molecule has 0 aromatic heterocycles. The predicted molar refractivity (Wildman–Crippen MR) is 241 cm³/mol. The largest absolute Gasteiger partial charge is 0.411 e. The van der Waals surface area contributed by atoms with Crippen molar-refractivity contribution in [2.45, 2.75) is 96.5 Å². The molecule has 0 saturated carbocycles. The number of amides is 4. The molecule has 0 unspecified atom stereocenters. The zero-order valence-corrected chi connectivity index (χ0v) is 37.7. The van der Waals surface area contributed by atoms with Crippen LogP contribution in [0.25, 0.3) is 0 Å². The van der Waals surface area contributed by atoms with Crippen molar-refractivity contribution in [1.29, 1.82) is 0 Å². The average molecular weight is 879 g/mol. The van der Waals surface area contributed by atoms with Gasteiger partial charge in [0.15, 0.2) is 5.78 Å². The van der Waals surface area contributed by atoms with Gasteiger partial charge in [-0.3, -0.25) is 19.2 Å². The number of ether oxygens (including phenoxy) is 3. The van der Waals surface area contributed by atoms with Gasteiger partial charge in [0.2, 0.25) is 18.5 Å². The van der Waals surface area contributed by atoms with Gasteiger partial charge in [-0.2, -0.15) is 0 Å². The summed E-state index contributed by atoms with van der Waals surface area (Å²) in [5.74, 6) is -0.987. The number of esters is 1. The Morgan fingerprint density at radius 2 is 1.34 bits per heavy atom. The molecule has 2 fully saturated rings. The third kappa shape index (κ3) is 14.4. The van der Waals surface area contributed by atoms with Gasteiger partial charge in [-0.1, -0.05) is 94.3 Å². The van der Waals surface area contributed by atoms with E-state index in [2.05, 4.69) is 41.0 Å². The number of morpholine rings is 1. The van der Waals surface area contributed by atoms with E-state index in [0.29, 0.717) is 31.4 Å². The number of hydrogen-bond acceptors (Lipinski definition) is 10. The van der Waals surface area contributed by atoms with Crippen molar-refractivity contribution >= 4 is 35.4 Å². The first-order valence-electron chi connectivity index (χ1n) is 22.2. The summed E-state index contributed by atoms with van der Waals surface area (Å²) in [6, 6.07) is 22.2. The van der Waals surface area contributed by atoms with E-state index in [1.165, 1.54) is 12.1 Å². The maximum atomic E-state index is 14.4. The minimum Gasteiger partial charge on any atom is -0.411 e. The summed E-state index contributed by atoms with van der Waals surface area (Å²) < 4.78 is 16.1. The summed E-state index contributed by atoms with van der Waals surface area (Å²) in [5, 5.41) is 12.2. The van der Waals surface area contributed by atoms with E-state index in [1.54, 1.807) is 19.1 Å². The fraction of sp³-hybridized carbons (Fsp3) is 0.480. The third-order valence-electron chi connectivity index (χ3n) is 11.6. The highest BCUT2D eigenvalue weighted by atomic mass is 16.6. The van der Waals surface area contributed by atoms with Crippen molar-refractivity contribution in [2.75, 3.05) is 46.2 Å². The number of nitrogens with one attached hydrogen (secondary N) is 4. The van der Waals surface area contributed by atoms with Crippen LogP contribution in [0.2, 0.25) is 0 Å². The highest BCUT2D eigenvalue weighted by Crippen LogP contribution is 2.29. The Hall–Kier alpha value is -5.72. The highest BCUT2D eigenvalue weighted by Gasteiger charge is 2.50. The summed E-state index contributed by atoms with van der Waals surface area (Å²) in [4.78, 5) is 83.4. The molecule has 2 saturated heterocycles. The number of ketones is 1. The Bertz CT molecular complexity index is 2090. The smallest absolute Gasteiger partial charge is 0.406 e. The normalized spacial score (nSPS) is 18.4. The fourth-order valence-corrected chi connectivity index (χ4v) is 7.72. The fourth-order valence-electron chi connectivity index (χ4n) is 7.72. The molecular weight excluding hydrogens is 815 g/mol. The van der Waals surface area contributed by atoms with Gasteiger partial charge in [-0.25, -0.2) is 14.1 Å². The molecule has 4 N–H and O–H groups in total. The Morgan fingerprint density at radius 3 is 1.92 bits per heavy atom. The lowest BCUT2D eigenvalue weighted by Gasteiger charge is -2.37. The lowest BCUT2D eigenvalue weighted by molar-refractivity contribution is -0.876. The first-order chi connectivity index (χ1) is 30.6. The number of hydrogen-bond donors (Lipinski definition) is 4. The third-order valence-corrected chi connectivity index (χ3v) is 11.6. The maximum Gasteiger partial charge on any atom is 0.406 e. The van der Waals surface area contributed by atoms with Crippen LogP contribution in [0.1, 0.15) is 80.9 Å². The van der Waals surface area contributed by atoms with Crippen LogP contribution in [-0.4, -0.2) is 116 Å². The molecule has 5 rings (SSSR count). The lowest BCUT2D eigenvalue weighted by Crippen LogP contribution is -2.65. The molecule has 3 aromatic rings. The molecule has 0 radical (unpaired) electrons. The van der Waals surface area contributed by atoms with Crippen LogP contribution in [0.4, 0.5) is 0 Å². The molecule has 2 heterocycles. The predicted octanol–water partition coefficient (Wildman–Crippen LogP) is 3.89. The summed E-state index contributed by atoms with van der Waals surface area (Å²) in [7, 11) is 0. The van der Waals surface area contributed by atoms with Gasteiger partial charge in [0.05, 0.1) is 31.4 Å². The first-order valence-corrected chi connectivity index (χ1v) is 22.2. The van der Waals surface area contributed by atoms with Crippen molar-refractivity contribution in [3.8, 4) is 12.3 Å². The molecule has 3 aromatic carbocycles. The van der Waals surface area contributed by atoms with Crippen LogP contribution in [-0.2, 0) is 51.0 Å². The highest BCUT2D eigenvalue weighted by molar-refractivity contribution is 6.32. The Balaban J connectivity index is 1.33. The molecule has 0 spiro atoms. The van der Waals surface area contributed by atoms with E-state index >= 15 is 0 Å². The molecule has 14 nitrogen and oxygen atoms in total. The Labute approximate surface area is 377 Å². The van der Waals surface area contributed by atoms with Crippen LogP contribution < -0.4 is 21.3 Å². The first kappa shape index (κ1) is 49.3. The van der Waals surface area contributed by atoms with Crippen molar-refractivity contribution in [1.82, 2.24) is 21.3 Å². The topological polar surface area (TPSA) is 182 Å². The number of epoxide rings is 1. The zero-order valence-electron chi connectivity index (χ0n) is 37.7. The molecule has 0 aliphatic carbocycles. The number of rotatable bonds is 22. The number of aryl methyl sites for hydroxylation is 1. The molecular formula is C50H64N5O9+. The molecule has 14 heteroatoms. The van der Waals surface area contributed by atoms with Gasteiger partial charge in [-0.15, -0.1) is 6.42 Å². The number of benzene rings is 3. The second kappa shape index (κ2) is 23.3. The van der Waals surface area contributed by atoms with Crippen molar-refractivity contribution in [2.24, 2.45) is 11.8 Å². The summed E-state index contributed by atoms with van der Waals surface area (Å²) in [5.41, 5.74) is 1.88. The molecule has 2 aliphatic rings. The Morgan fingerprint density at radius 1 is 0.766 bits per heavy atom. The number of Topliss-reactive ketones (excluding diaryl/α,β-unsaturated/α-hetero) is 1. The molecule has 2 aliphatic heterocycles. The van der Waals surface area contributed by atoms with E-state index in [9.17, 15) is 28.8 Å². The minimum absolute atomic E-state index is 0.0170. The number of terminal acetylenes is 1. The van der Waals surface area contributed by atoms with Gasteiger partial charge in [0, 0.05) is 18.2 Å². The van der Waals surface area contributed by atoms with Crippen LogP contribution in [0.15, 0.2) is 84.9 Å². The monoisotopic (exact) mass is 878 g/mol. The molecule has 342 valence electrons. The lowest BCUT2D eigenvalue weighted by atomic mass is 9.93. The SMILES string of the molecule is C#Cc1ccc(C(=O)OC[N+]2(C(=O)C(=O)N[C@@H](CCc3ccccc3)C(=O)N[C@@H](CC(C)C)C(=O)N[C@H](CN[C@@H](CC(C)C)C(=O)[C@@]3(C)CO3)Cc3ccccc3)CCOCC2)cc1.